The standard InChI is InChI=1S/C13H14ClFN2O3/c14-12-8-17(13(18)20-12)9-1-2-11(10(15)7-9)16-3-5-19-6-4-16/h1-2,7,12H,3-6,8H2/t12-/m1/s1. The molecule has 2 saturated heterocycles. The van der Waals surface area contributed by atoms with Gasteiger partial charge in [-0.25, -0.2) is 9.18 Å². The summed E-state index contributed by atoms with van der Waals surface area (Å²) in [7, 11) is 0. The van der Waals surface area contributed by atoms with Crippen molar-refractivity contribution in [3.05, 3.63) is 24.0 Å². The van der Waals surface area contributed by atoms with Crippen LogP contribution < -0.4 is 9.80 Å². The molecule has 1 aromatic rings. The highest BCUT2D eigenvalue weighted by Gasteiger charge is 2.31. The van der Waals surface area contributed by atoms with E-state index in [0.29, 0.717) is 37.7 Å². The second-order valence-electron chi connectivity index (χ2n) is 4.64. The van der Waals surface area contributed by atoms with E-state index < -0.39 is 11.7 Å². The lowest BCUT2D eigenvalue weighted by Gasteiger charge is -2.29. The van der Waals surface area contributed by atoms with Gasteiger partial charge in [0.25, 0.3) is 0 Å². The summed E-state index contributed by atoms with van der Waals surface area (Å²) in [4.78, 5) is 14.8. The van der Waals surface area contributed by atoms with Crippen LogP contribution in [-0.2, 0) is 9.47 Å². The first kappa shape index (κ1) is 13.5. The lowest BCUT2D eigenvalue weighted by molar-refractivity contribution is 0.122. The van der Waals surface area contributed by atoms with Crippen LogP contribution in [0, 0.1) is 5.82 Å². The Hall–Kier alpha value is -1.53. The molecule has 0 saturated carbocycles. The average molecular weight is 301 g/mol. The molecule has 3 rings (SSSR count). The molecule has 0 bridgehead atoms. The van der Waals surface area contributed by atoms with Crippen LogP contribution in [0.15, 0.2) is 18.2 Å². The number of amides is 1. The highest BCUT2D eigenvalue weighted by atomic mass is 35.5. The van der Waals surface area contributed by atoms with Crippen molar-refractivity contribution in [3.8, 4) is 0 Å². The van der Waals surface area contributed by atoms with Crippen molar-refractivity contribution in [2.45, 2.75) is 5.56 Å². The average Bonchev–Trinajstić information content (AvgIpc) is 2.78. The van der Waals surface area contributed by atoms with Crippen molar-refractivity contribution in [1.82, 2.24) is 0 Å². The zero-order chi connectivity index (χ0) is 14.1. The molecule has 20 heavy (non-hydrogen) atoms. The molecule has 2 heterocycles. The van der Waals surface area contributed by atoms with Gasteiger partial charge in [-0.2, -0.15) is 0 Å². The molecule has 0 N–H and O–H groups in total. The summed E-state index contributed by atoms with van der Waals surface area (Å²) < 4.78 is 24.3. The Morgan fingerprint density at radius 2 is 2.05 bits per heavy atom. The fourth-order valence-electron chi connectivity index (χ4n) is 2.36. The van der Waals surface area contributed by atoms with E-state index in [1.54, 1.807) is 12.1 Å². The number of ether oxygens (including phenoxy) is 2. The number of halogens is 2. The Kier molecular flexibility index (Phi) is 3.67. The molecule has 1 amide bonds. The second-order valence-corrected chi connectivity index (χ2v) is 5.13. The molecule has 1 aromatic carbocycles. The molecule has 108 valence electrons. The molecule has 0 spiro atoms. The maximum atomic E-state index is 14.2. The van der Waals surface area contributed by atoms with E-state index in [1.165, 1.54) is 11.0 Å². The van der Waals surface area contributed by atoms with Gasteiger partial charge in [-0.05, 0) is 18.2 Å². The van der Waals surface area contributed by atoms with Crippen LogP contribution in [0.3, 0.4) is 0 Å². The number of anilines is 2. The highest BCUT2D eigenvalue weighted by Crippen LogP contribution is 2.28. The van der Waals surface area contributed by atoms with E-state index >= 15 is 0 Å². The quantitative estimate of drug-likeness (QED) is 0.785. The van der Waals surface area contributed by atoms with Crippen molar-refractivity contribution >= 4 is 29.1 Å². The number of carbonyl (C=O) groups is 1. The van der Waals surface area contributed by atoms with E-state index in [4.69, 9.17) is 21.1 Å². The van der Waals surface area contributed by atoms with Gasteiger partial charge >= 0.3 is 6.09 Å². The van der Waals surface area contributed by atoms with Crippen LogP contribution in [0.2, 0.25) is 0 Å². The first-order chi connectivity index (χ1) is 9.65. The lowest BCUT2D eigenvalue weighted by Crippen LogP contribution is -2.36. The van der Waals surface area contributed by atoms with E-state index in [1.807, 2.05) is 4.90 Å². The van der Waals surface area contributed by atoms with Crippen LogP contribution in [0.1, 0.15) is 0 Å². The monoisotopic (exact) mass is 300 g/mol. The smallest absolute Gasteiger partial charge is 0.416 e. The van der Waals surface area contributed by atoms with Gasteiger partial charge in [0.1, 0.15) is 5.82 Å². The third-order valence-corrected chi connectivity index (χ3v) is 3.60. The molecule has 2 fully saturated rings. The number of rotatable bonds is 2. The van der Waals surface area contributed by atoms with Crippen molar-refractivity contribution in [1.29, 1.82) is 0 Å². The first-order valence-electron chi connectivity index (χ1n) is 6.39. The Bertz CT molecular complexity index is 522. The van der Waals surface area contributed by atoms with Crippen LogP contribution in [0.4, 0.5) is 20.6 Å². The molecule has 2 aliphatic heterocycles. The number of morpholine rings is 1. The van der Waals surface area contributed by atoms with Crippen LogP contribution in [-0.4, -0.2) is 44.5 Å². The van der Waals surface area contributed by atoms with Gasteiger partial charge in [-0.3, -0.25) is 4.90 Å². The number of nitrogens with zero attached hydrogens (tertiary/aromatic N) is 2. The summed E-state index contributed by atoms with van der Waals surface area (Å²) in [6.45, 7) is 2.72. The molecular formula is C13H14ClFN2O3. The summed E-state index contributed by atoms with van der Waals surface area (Å²) in [6, 6.07) is 4.70. The van der Waals surface area contributed by atoms with Gasteiger partial charge in [-0.15, -0.1) is 0 Å². The fourth-order valence-corrected chi connectivity index (χ4v) is 2.58. The normalized spacial score (nSPS) is 23.1. The Balaban J connectivity index is 1.82. The Labute approximate surface area is 120 Å². The third kappa shape index (κ3) is 2.53. The van der Waals surface area contributed by atoms with E-state index in [9.17, 15) is 9.18 Å². The summed E-state index contributed by atoms with van der Waals surface area (Å²) in [5.74, 6) is -0.366. The largest absolute Gasteiger partial charge is 0.427 e. The SMILES string of the molecule is O=C1O[C@@H](Cl)CN1c1ccc(N2CCOCC2)c(F)c1. The number of alkyl halides is 1. The highest BCUT2D eigenvalue weighted by molar-refractivity contribution is 6.21. The van der Waals surface area contributed by atoms with Crippen molar-refractivity contribution in [2.24, 2.45) is 0 Å². The van der Waals surface area contributed by atoms with Crippen LogP contribution >= 0.6 is 11.6 Å². The second kappa shape index (κ2) is 5.46. The fraction of sp³-hybridized carbons (Fsp3) is 0.462. The van der Waals surface area contributed by atoms with E-state index in [0.717, 1.165) is 0 Å². The van der Waals surface area contributed by atoms with Gasteiger partial charge in [-0.1, -0.05) is 11.6 Å². The van der Waals surface area contributed by atoms with Crippen molar-refractivity contribution in [3.63, 3.8) is 0 Å². The van der Waals surface area contributed by atoms with Gasteiger partial charge in [0.2, 0.25) is 0 Å². The van der Waals surface area contributed by atoms with Crippen molar-refractivity contribution < 1.29 is 18.7 Å². The van der Waals surface area contributed by atoms with E-state index in [-0.39, 0.29) is 12.4 Å². The molecule has 0 aromatic heterocycles. The topological polar surface area (TPSA) is 42.0 Å². The van der Waals surface area contributed by atoms with Gasteiger partial charge in [0.15, 0.2) is 5.56 Å². The minimum Gasteiger partial charge on any atom is -0.427 e. The first-order valence-corrected chi connectivity index (χ1v) is 6.83. The molecule has 0 unspecified atom stereocenters. The molecule has 0 radical (unpaired) electrons. The lowest BCUT2D eigenvalue weighted by atomic mass is 10.2. The molecule has 2 aliphatic rings. The molecule has 5 nitrogen and oxygen atoms in total. The summed E-state index contributed by atoms with van der Waals surface area (Å²) in [5, 5.41) is 0. The number of carbonyl (C=O) groups excluding carboxylic acids is 1. The zero-order valence-corrected chi connectivity index (χ0v) is 11.5. The Morgan fingerprint density at radius 1 is 1.30 bits per heavy atom. The predicted molar refractivity (Wildman–Crippen MR) is 72.9 cm³/mol. The summed E-state index contributed by atoms with van der Waals surface area (Å²) in [6.07, 6.45) is -0.552. The molecule has 7 heteroatoms. The number of cyclic esters (lactones) is 1. The van der Waals surface area contributed by atoms with Gasteiger partial charge < -0.3 is 14.4 Å². The summed E-state index contributed by atoms with van der Waals surface area (Å²) >= 11 is 5.74. The predicted octanol–water partition coefficient (Wildman–Crippen LogP) is 2.18. The summed E-state index contributed by atoms with van der Waals surface area (Å²) in [5.41, 5.74) is 0.282. The van der Waals surface area contributed by atoms with Crippen molar-refractivity contribution in [2.75, 3.05) is 42.6 Å². The number of benzene rings is 1. The third-order valence-electron chi connectivity index (χ3n) is 3.37. The van der Waals surface area contributed by atoms with Crippen LogP contribution in [0.25, 0.3) is 0 Å². The van der Waals surface area contributed by atoms with Gasteiger partial charge in [0, 0.05) is 13.1 Å². The number of hydrogen-bond donors (Lipinski definition) is 0. The maximum Gasteiger partial charge on any atom is 0.416 e. The Morgan fingerprint density at radius 3 is 2.65 bits per heavy atom. The van der Waals surface area contributed by atoms with E-state index in [2.05, 4.69) is 0 Å². The number of hydrogen-bond acceptors (Lipinski definition) is 4. The maximum absolute atomic E-state index is 14.2. The van der Waals surface area contributed by atoms with Crippen LogP contribution in [0.5, 0.6) is 0 Å². The molecule has 1 atom stereocenters. The zero-order valence-electron chi connectivity index (χ0n) is 10.7. The minimum atomic E-state index is -0.690. The molecule has 0 aliphatic carbocycles. The molecular weight excluding hydrogens is 287 g/mol. The van der Waals surface area contributed by atoms with Gasteiger partial charge in [0.05, 0.1) is 31.1 Å². The minimum absolute atomic E-state index is 0.219.